The number of amides is 3. The Hall–Kier alpha value is -3.66. The zero-order chi connectivity index (χ0) is 24.9. The van der Waals surface area contributed by atoms with Crippen LogP contribution in [0.1, 0.15) is 42.7 Å². The number of likely N-dealkylation sites (tertiary alicyclic amines) is 1. The molecule has 0 bridgehead atoms. The number of aryl methyl sites for hydroxylation is 2. The summed E-state index contributed by atoms with van der Waals surface area (Å²) >= 11 is 0. The molecule has 0 spiro atoms. The quantitative estimate of drug-likeness (QED) is 0.508. The molecule has 4 rings (SSSR count). The number of pyridine rings is 1. The molecule has 2 aromatic heterocycles. The first-order valence-electron chi connectivity index (χ1n) is 11.9. The molecule has 1 aliphatic rings. The van der Waals surface area contributed by atoms with Crippen molar-refractivity contribution in [3.8, 4) is 11.6 Å². The smallest absolute Gasteiger partial charge is 0.326 e. The van der Waals surface area contributed by atoms with Crippen LogP contribution < -0.4 is 20.1 Å². The molecule has 10 heteroatoms. The molecule has 3 heterocycles. The van der Waals surface area contributed by atoms with Crippen molar-refractivity contribution in [1.29, 1.82) is 0 Å². The van der Waals surface area contributed by atoms with Gasteiger partial charge >= 0.3 is 6.03 Å². The average Bonchev–Trinajstić information content (AvgIpc) is 3.40. The lowest BCUT2D eigenvalue weighted by Gasteiger charge is -2.16. The molecule has 35 heavy (non-hydrogen) atoms. The Kier molecular flexibility index (Phi) is 7.50. The van der Waals surface area contributed by atoms with Crippen LogP contribution >= 0.6 is 0 Å². The second kappa shape index (κ2) is 10.7. The second-order valence-corrected chi connectivity index (χ2v) is 8.92. The summed E-state index contributed by atoms with van der Waals surface area (Å²) in [5, 5.41) is 10.2. The van der Waals surface area contributed by atoms with Crippen molar-refractivity contribution in [2.45, 2.75) is 39.7 Å². The third-order valence-corrected chi connectivity index (χ3v) is 5.74. The molecule has 3 amide bonds. The highest BCUT2D eigenvalue weighted by Crippen LogP contribution is 2.25. The van der Waals surface area contributed by atoms with Crippen molar-refractivity contribution in [1.82, 2.24) is 25.0 Å². The standard InChI is InChI=1S/C25H32N6O4/c1-16(2)35-19-9-7-8-18(14-19)26-25(33)28-23(32)21-15-20-17(3)29-30(4)22(20)27-24(21)34-13-12-31-10-5-6-11-31/h7-9,14-16H,5-6,10-13H2,1-4H3,(H2,26,28,32,33). The molecule has 3 aromatic rings. The number of nitrogens with one attached hydrogen (secondary N) is 2. The van der Waals surface area contributed by atoms with E-state index in [2.05, 4.69) is 25.6 Å². The fourth-order valence-corrected chi connectivity index (χ4v) is 4.13. The first kappa shape index (κ1) is 24.5. The van der Waals surface area contributed by atoms with Gasteiger partial charge in [0.1, 0.15) is 17.9 Å². The number of urea groups is 1. The van der Waals surface area contributed by atoms with Gasteiger partial charge in [-0.3, -0.25) is 19.7 Å². The molecule has 2 N–H and O–H groups in total. The van der Waals surface area contributed by atoms with Gasteiger partial charge in [-0.1, -0.05) is 6.07 Å². The van der Waals surface area contributed by atoms with Crippen LogP contribution in [0, 0.1) is 6.92 Å². The minimum Gasteiger partial charge on any atom is -0.491 e. The van der Waals surface area contributed by atoms with Crippen molar-refractivity contribution in [3.63, 3.8) is 0 Å². The Morgan fingerprint density at radius 1 is 1.17 bits per heavy atom. The number of carbonyl (C=O) groups excluding carboxylic acids is 2. The van der Waals surface area contributed by atoms with Crippen molar-refractivity contribution in [2.75, 3.05) is 31.6 Å². The second-order valence-electron chi connectivity index (χ2n) is 8.92. The minimum absolute atomic E-state index is 0.00268. The number of ether oxygens (including phenoxy) is 2. The van der Waals surface area contributed by atoms with Gasteiger partial charge in [0.25, 0.3) is 5.91 Å². The van der Waals surface area contributed by atoms with Crippen molar-refractivity contribution >= 4 is 28.7 Å². The summed E-state index contributed by atoms with van der Waals surface area (Å²) in [6.07, 6.45) is 2.38. The van der Waals surface area contributed by atoms with E-state index in [0.29, 0.717) is 23.7 Å². The maximum Gasteiger partial charge on any atom is 0.326 e. The molecular weight excluding hydrogens is 448 g/mol. The van der Waals surface area contributed by atoms with E-state index >= 15 is 0 Å². The predicted octanol–water partition coefficient (Wildman–Crippen LogP) is 3.50. The van der Waals surface area contributed by atoms with Gasteiger partial charge in [-0.05, 0) is 64.9 Å². The first-order chi connectivity index (χ1) is 16.8. The van der Waals surface area contributed by atoms with Crippen molar-refractivity contribution in [3.05, 3.63) is 41.6 Å². The maximum atomic E-state index is 13.1. The van der Waals surface area contributed by atoms with Crippen LogP contribution in [0.5, 0.6) is 11.6 Å². The molecule has 0 radical (unpaired) electrons. The maximum absolute atomic E-state index is 13.1. The topological polar surface area (TPSA) is 111 Å². The van der Waals surface area contributed by atoms with Gasteiger partial charge in [0, 0.05) is 30.7 Å². The van der Waals surface area contributed by atoms with Gasteiger partial charge < -0.3 is 14.8 Å². The van der Waals surface area contributed by atoms with Crippen LogP contribution in [0.2, 0.25) is 0 Å². The van der Waals surface area contributed by atoms with E-state index < -0.39 is 11.9 Å². The number of rotatable bonds is 8. The lowest BCUT2D eigenvalue weighted by atomic mass is 10.2. The number of benzene rings is 1. The lowest BCUT2D eigenvalue weighted by Crippen LogP contribution is -2.35. The monoisotopic (exact) mass is 480 g/mol. The summed E-state index contributed by atoms with van der Waals surface area (Å²) in [7, 11) is 1.79. The molecule has 0 saturated carbocycles. The molecule has 0 unspecified atom stereocenters. The molecule has 186 valence electrons. The molecule has 0 aliphatic carbocycles. The Bertz CT molecular complexity index is 1220. The SMILES string of the molecule is Cc1nn(C)c2nc(OCCN3CCCC3)c(C(=O)NC(=O)Nc3cccc(OC(C)C)c3)cc12. The molecule has 1 fully saturated rings. The Morgan fingerprint density at radius 2 is 1.94 bits per heavy atom. The van der Waals surface area contributed by atoms with Gasteiger partial charge in [-0.15, -0.1) is 0 Å². The number of nitrogens with zero attached hydrogens (tertiary/aromatic N) is 4. The van der Waals surface area contributed by atoms with E-state index in [1.165, 1.54) is 12.8 Å². The highest BCUT2D eigenvalue weighted by Gasteiger charge is 2.21. The summed E-state index contributed by atoms with van der Waals surface area (Å²) in [6, 6.07) is 8.00. The number of imide groups is 1. The molecule has 0 atom stereocenters. The van der Waals surface area contributed by atoms with E-state index in [9.17, 15) is 9.59 Å². The predicted molar refractivity (Wildman–Crippen MR) is 133 cm³/mol. The molecule has 1 aliphatic heterocycles. The summed E-state index contributed by atoms with van der Waals surface area (Å²) < 4.78 is 13.2. The van der Waals surface area contributed by atoms with Crippen LogP contribution in [0.25, 0.3) is 11.0 Å². The third kappa shape index (κ3) is 6.07. The van der Waals surface area contributed by atoms with E-state index in [0.717, 1.165) is 30.7 Å². The zero-order valence-corrected chi connectivity index (χ0v) is 20.6. The average molecular weight is 481 g/mol. The Balaban J connectivity index is 1.49. The highest BCUT2D eigenvalue weighted by atomic mass is 16.5. The molecular formula is C25H32N6O4. The third-order valence-electron chi connectivity index (χ3n) is 5.74. The van der Waals surface area contributed by atoms with E-state index in [-0.39, 0.29) is 17.5 Å². The first-order valence-corrected chi connectivity index (χ1v) is 11.9. The fraction of sp³-hybridized carbons (Fsp3) is 0.440. The van der Waals surface area contributed by atoms with Gasteiger partial charge in [0.2, 0.25) is 5.88 Å². The number of anilines is 1. The normalized spacial score (nSPS) is 13.9. The Labute approximate surface area is 204 Å². The van der Waals surface area contributed by atoms with Crippen LogP contribution in [0.15, 0.2) is 30.3 Å². The summed E-state index contributed by atoms with van der Waals surface area (Å²) in [6.45, 7) is 8.93. The Morgan fingerprint density at radius 3 is 2.69 bits per heavy atom. The summed E-state index contributed by atoms with van der Waals surface area (Å²) in [4.78, 5) is 32.6. The molecule has 10 nitrogen and oxygen atoms in total. The van der Waals surface area contributed by atoms with Crippen LogP contribution in [-0.2, 0) is 7.05 Å². The van der Waals surface area contributed by atoms with Crippen molar-refractivity contribution in [2.24, 2.45) is 7.05 Å². The van der Waals surface area contributed by atoms with E-state index in [4.69, 9.17) is 9.47 Å². The zero-order valence-electron chi connectivity index (χ0n) is 20.6. The van der Waals surface area contributed by atoms with Crippen molar-refractivity contribution < 1.29 is 19.1 Å². The number of fused-ring (bicyclic) bond motifs is 1. The highest BCUT2D eigenvalue weighted by molar-refractivity contribution is 6.10. The minimum atomic E-state index is -0.664. The number of carbonyl (C=O) groups is 2. The molecule has 1 saturated heterocycles. The van der Waals surface area contributed by atoms with Crippen LogP contribution in [0.3, 0.4) is 0 Å². The largest absolute Gasteiger partial charge is 0.491 e. The number of hydrogen-bond donors (Lipinski definition) is 2. The van der Waals surface area contributed by atoms with Crippen LogP contribution in [0.4, 0.5) is 10.5 Å². The lowest BCUT2D eigenvalue weighted by molar-refractivity contribution is 0.0961. The van der Waals surface area contributed by atoms with E-state index in [1.807, 2.05) is 20.8 Å². The van der Waals surface area contributed by atoms with Gasteiger partial charge in [-0.25, -0.2) is 4.79 Å². The van der Waals surface area contributed by atoms with Gasteiger partial charge in [0.15, 0.2) is 5.65 Å². The summed E-state index contributed by atoms with van der Waals surface area (Å²) in [5.74, 6) is 0.197. The number of hydrogen-bond acceptors (Lipinski definition) is 7. The van der Waals surface area contributed by atoms with Crippen LogP contribution in [-0.4, -0.2) is 63.9 Å². The summed E-state index contributed by atoms with van der Waals surface area (Å²) in [5.41, 5.74) is 2.04. The fourth-order valence-electron chi connectivity index (χ4n) is 4.13. The van der Waals surface area contributed by atoms with Gasteiger partial charge in [-0.2, -0.15) is 10.1 Å². The van der Waals surface area contributed by atoms with E-state index in [1.54, 1.807) is 42.1 Å². The number of aromatic nitrogens is 3. The van der Waals surface area contributed by atoms with Gasteiger partial charge in [0.05, 0.1) is 11.8 Å². The molecule has 1 aromatic carbocycles.